The molecule has 1 heterocycles. The average molecular weight is 289 g/mol. The topological polar surface area (TPSA) is 47.8 Å². The summed E-state index contributed by atoms with van der Waals surface area (Å²) in [5.74, 6) is -2.18. The van der Waals surface area contributed by atoms with Crippen molar-refractivity contribution in [2.45, 2.75) is 51.7 Å². The number of aromatic nitrogens is 3. The number of carbonyl (C=O) groups is 1. The molecule has 0 saturated heterocycles. The Morgan fingerprint density at radius 2 is 2.20 bits per heavy atom. The number of ketones is 1. The van der Waals surface area contributed by atoms with Crippen molar-refractivity contribution in [3.05, 3.63) is 11.9 Å². The summed E-state index contributed by atoms with van der Waals surface area (Å²) in [6, 6.07) is 0. The molecular weight excluding hydrogens is 271 g/mol. The van der Waals surface area contributed by atoms with E-state index in [9.17, 15) is 18.0 Å². The molecule has 1 fully saturated rings. The molecule has 0 N–H and O–H groups in total. The summed E-state index contributed by atoms with van der Waals surface area (Å²) in [4.78, 5) is 12.4. The van der Waals surface area contributed by atoms with Crippen molar-refractivity contribution < 1.29 is 18.0 Å². The van der Waals surface area contributed by atoms with Gasteiger partial charge in [0, 0.05) is 12.5 Å². The van der Waals surface area contributed by atoms with Gasteiger partial charge in [0.1, 0.15) is 5.69 Å². The van der Waals surface area contributed by atoms with E-state index in [1.807, 2.05) is 6.92 Å². The Kier molecular flexibility index (Phi) is 4.45. The van der Waals surface area contributed by atoms with Gasteiger partial charge in [-0.05, 0) is 25.7 Å². The smallest absolute Gasteiger partial charge is 0.292 e. The lowest BCUT2D eigenvalue weighted by Crippen LogP contribution is -2.32. The van der Waals surface area contributed by atoms with Crippen molar-refractivity contribution in [1.29, 1.82) is 0 Å². The molecule has 2 atom stereocenters. The number of halogens is 3. The molecule has 0 aromatic carbocycles. The summed E-state index contributed by atoms with van der Waals surface area (Å²) < 4.78 is 39.8. The first-order valence-electron chi connectivity index (χ1n) is 6.93. The molecule has 2 rings (SSSR count). The first-order valence-corrected chi connectivity index (χ1v) is 6.93. The maximum absolute atomic E-state index is 12.8. The van der Waals surface area contributed by atoms with Crippen LogP contribution >= 0.6 is 0 Å². The van der Waals surface area contributed by atoms with Crippen LogP contribution in [-0.4, -0.2) is 27.0 Å². The highest BCUT2D eigenvalue weighted by molar-refractivity contribution is 5.96. The second kappa shape index (κ2) is 5.93. The predicted octanol–water partition coefficient (Wildman–Crippen LogP) is 3.24. The second-order valence-corrected chi connectivity index (χ2v) is 5.31. The minimum atomic E-state index is -4.21. The van der Waals surface area contributed by atoms with Crippen LogP contribution in [0.2, 0.25) is 0 Å². The summed E-state index contributed by atoms with van der Waals surface area (Å²) in [5.41, 5.74) is 0.333. The Hall–Kier alpha value is -1.40. The van der Waals surface area contributed by atoms with Gasteiger partial charge in [-0.2, -0.15) is 13.2 Å². The molecule has 112 valence electrons. The van der Waals surface area contributed by atoms with Crippen molar-refractivity contribution in [2.24, 2.45) is 11.8 Å². The molecule has 4 nitrogen and oxygen atoms in total. The lowest BCUT2D eigenvalue weighted by Gasteiger charge is -2.29. The van der Waals surface area contributed by atoms with Gasteiger partial charge in [-0.15, -0.1) is 5.10 Å². The van der Waals surface area contributed by atoms with E-state index < -0.39 is 18.0 Å². The van der Waals surface area contributed by atoms with Gasteiger partial charge in [0.25, 0.3) is 0 Å². The first-order chi connectivity index (χ1) is 9.43. The zero-order valence-electron chi connectivity index (χ0n) is 11.4. The van der Waals surface area contributed by atoms with Crippen LogP contribution < -0.4 is 0 Å². The average Bonchev–Trinajstić information content (AvgIpc) is 2.86. The van der Waals surface area contributed by atoms with Crippen molar-refractivity contribution in [1.82, 2.24) is 15.0 Å². The molecule has 20 heavy (non-hydrogen) atoms. The summed E-state index contributed by atoms with van der Waals surface area (Å²) in [5, 5.41) is 7.51. The SMILES string of the molecule is CCCn1nncc1C(=O)C1CCCC(C(F)(F)F)C1. The number of rotatable bonds is 4. The Balaban J connectivity index is 2.10. The van der Waals surface area contributed by atoms with Gasteiger partial charge in [-0.3, -0.25) is 4.79 Å². The van der Waals surface area contributed by atoms with Gasteiger partial charge in [-0.1, -0.05) is 18.6 Å². The molecular formula is C13H18F3N3O. The number of hydrogen-bond donors (Lipinski definition) is 0. The summed E-state index contributed by atoms with van der Waals surface area (Å²) in [6.45, 7) is 2.49. The standard InChI is InChI=1S/C13H18F3N3O/c1-2-6-19-11(8-17-18-19)12(20)9-4-3-5-10(7-9)13(14,15)16/h8-10H,2-7H2,1H3. The van der Waals surface area contributed by atoms with Gasteiger partial charge in [0.2, 0.25) is 0 Å². The van der Waals surface area contributed by atoms with Crippen LogP contribution in [0.1, 0.15) is 49.5 Å². The van der Waals surface area contributed by atoms with Gasteiger partial charge in [0.05, 0.1) is 12.1 Å². The summed E-state index contributed by atoms with van der Waals surface area (Å²) >= 11 is 0. The lowest BCUT2D eigenvalue weighted by molar-refractivity contribution is -0.184. The maximum atomic E-state index is 12.8. The molecule has 0 aliphatic heterocycles. The molecule has 1 aliphatic carbocycles. The van der Waals surface area contributed by atoms with Gasteiger partial charge in [0.15, 0.2) is 5.78 Å². The zero-order valence-corrected chi connectivity index (χ0v) is 11.4. The predicted molar refractivity (Wildman–Crippen MR) is 66.1 cm³/mol. The minimum absolute atomic E-state index is 0.111. The number of Topliss-reactive ketones (excluding diaryl/α,β-unsaturated/α-hetero) is 1. The fourth-order valence-corrected chi connectivity index (χ4v) is 2.76. The lowest BCUT2D eigenvalue weighted by atomic mass is 9.78. The third-order valence-electron chi connectivity index (χ3n) is 3.81. The highest BCUT2D eigenvalue weighted by Gasteiger charge is 2.43. The van der Waals surface area contributed by atoms with Crippen LogP contribution in [0.4, 0.5) is 13.2 Å². The van der Waals surface area contributed by atoms with Crippen LogP contribution in [0.3, 0.4) is 0 Å². The monoisotopic (exact) mass is 289 g/mol. The van der Waals surface area contributed by atoms with E-state index >= 15 is 0 Å². The molecule has 1 saturated carbocycles. The molecule has 7 heteroatoms. The summed E-state index contributed by atoms with van der Waals surface area (Å²) in [7, 11) is 0. The molecule has 0 radical (unpaired) electrons. The fourth-order valence-electron chi connectivity index (χ4n) is 2.76. The van der Waals surface area contributed by atoms with Crippen molar-refractivity contribution >= 4 is 5.78 Å². The van der Waals surface area contributed by atoms with E-state index in [0.29, 0.717) is 25.1 Å². The van der Waals surface area contributed by atoms with E-state index in [0.717, 1.165) is 6.42 Å². The van der Waals surface area contributed by atoms with E-state index in [1.54, 1.807) is 0 Å². The van der Waals surface area contributed by atoms with E-state index in [1.165, 1.54) is 10.9 Å². The van der Waals surface area contributed by atoms with Crippen LogP contribution in [0.25, 0.3) is 0 Å². The van der Waals surface area contributed by atoms with Crippen LogP contribution in [0.5, 0.6) is 0 Å². The highest BCUT2D eigenvalue weighted by atomic mass is 19.4. The third-order valence-corrected chi connectivity index (χ3v) is 3.81. The molecule has 2 unspecified atom stereocenters. The number of hydrogen-bond acceptors (Lipinski definition) is 3. The molecule has 0 amide bonds. The van der Waals surface area contributed by atoms with Crippen molar-refractivity contribution in [3.63, 3.8) is 0 Å². The zero-order chi connectivity index (χ0) is 14.8. The molecule has 0 bridgehead atoms. The summed E-state index contributed by atoms with van der Waals surface area (Å²) in [6.07, 6.45) is -1.09. The Bertz CT molecular complexity index is 470. The maximum Gasteiger partial charge on any atom is 0.391 e. The van der Waals surface area contributed by atoms with E-state index in [2.05, 4.69) is 10.3 Å². The highest BCUT2D eigenvalue weighted by Crippen LogP contribution is 2.40. The van der Waals surface area contributed by atoms with E-state index in [-0.39, 0.29) is 18.6 Å². The van der Waals surface area contributed by atoms with Crippen LogP contribution in [0.15, 0.2) is 6.20 Å². The largest absolute Gasteiger partial charge is 0.391 e. The molecule has 0 spiro atoms. The molecule has 1 aromatic heterocycles. The number of nitrogens with zero attached hydrogens (tertiary/aromatic N) is 3. The number of aryl methyl sites for hydroxylation is 1. The Morgan fingerprint density at radius 3 is 2.85 bits per heavy atom. The van der Waals surface area contributed by atoms with Gasteiger partial charge in [-0.25, -0.2) is 4.68 Å². The van der Waals surface area contributed by atoms with Crippen LogP contribution in [0, 0.1) is 11.8 Å². The fraction of sp³-hybridized carbons (Fsp3) is 0.769. The molecule has 1 aromatic rings. The van der Waals surface area contributed by atoms with Gasteiger partial charge >= 0.3 is 6.18 Å². The van der Waals surface area contributed by atoms with Gasteiger partial charge < -0.3 is 0 Å². The third kappa shape index (κ3) is 3.19. The second-order valence-electron chi connectivity index (χ2n) is 5.31. The van der Waals surface area contributed by atoms with Crippen LogP contribution in [-0.2, 0) is 6.54 Å². The first kappa shape index (κ1) is 15.0. The Labute approximate surface area is 115 Å². The normalized spacial score (nSPS) is 23.8. The van der Waals surface area contributed by atoms with E-state index in [4.69, 9.17) is 0 Å². The number of alkyl halides is 3. The number of carbonyl (C=O) groups excluding carboxylic acids is 1. The minimum Gasteiger partial charge on any atom is -0.292 e. The quantitative estimate of drug-likeness (QED) is 0.799. The van der Waals surface area contributed by atoms with Crippen molar-refractivity contribution in [3.8, 4) is 0 Å². The van der Waals surface area contributed by atoms with Crippen molar-refractivity contribution in [2.75, 3.05) is 0 Å². The molecule has 1 aliphatic rings. The Morgan fingerprint density at radius 1 is 1.45 bits per heavy atom.